The number of halogens is 2. The number of nitrogens with zero attached hydrogens (tertiary/aromatic N) is 1. The summed E-state index contributed by atoms with van der Waals surface area (Å²) >= 11 is 0. The zero-order valence-corrected chi connectivity index (χ0v) is 11.1. The molecule has 1 rings (SSSR count). The molecule has 0 aliphatic carbocycles. The van der Waals surface area contributed by atoms with Crippen molar-refractivity contribution in [3.63, 3.8) is 0 Å². The minimum absolute atomic E-state index is 0.0927. The lowest BCUT2D eigenvalue weighted by Crippen LogP contribution is -2.28. The minimum Gasteiger partial charge on any atom is -0.399 e. The Balaban J connectivity index is 2.45. The Hall–Kier alpha value is -1.36. The van der Waals surface area contributed by atoms with Crippen LogP contribution in [0.3, 0.4) is 0 Å². The quantitative estimate of drug-likeness (QED) is 0.608. The third-order valence-corrected chi connectivity index (χ3v) is 2.94. The first kappa shape index (κ1) is 14.7. The van der Waals surface area contributed by atoms with Crippen LogP contribution in [0.4, 0.5) is 20.2 Å². The van der Waals surface area contributed by atoms with Gasteiger partial charge in [0.25, 0.3) is 0 Å². The maximum atomic E-state index is 13.4. The Morgan fingerprint density at radius 3 is 2.33 bits per heavy atom. The second-order valence-corrected chi connectivity index (χ2v) is 4.71. The van der Waals surface area contributed by atoms with Gasteiger partial charge < -0.3 is 16.0 Å². The third kappa shape index (κ3) is 4.14. The fourth-order valence-corrected chi connectivity index (χ4v) is 1.56. The van der Waals surface area contributed by atoms with E-state index >= 15 is 0 Å². The molecule has 3 N–H and O–H groups in total. The first-order valence-electron chi connectivity index (χ1n) is 6.10. The van der Waals surface area contributed by atoms with E-state index in [1.807, 2.05) is 7.05 Å². The predicted octanol–water partition coefficient (Wildman–Crippen LogP) is 2.69. The number of rotatable bonds is 6. The first-order chi connectivity index (χ1) is 8.41. The van der Waals surface area contributed by atoms with Crippen molar-refractivity contribution in [2.24, 2.45) is 0 Å². The number of anilines is 2. The molecule has 0 bridgehead atoms. The molecule has 0 amide bonds. The summed E-state index contributed by atoms with van der Waals surface area (Å²) in [5.74, 6) is -1.30. The molecule has 0 atom stereocenters. The summed E-state index contributed by atoms with van der Waals surface area (Å²) in [6.45, 7) is 5.61. The standard InChI is InChI=1S/C13H21F2N3/c1-9(2)18(3)6-4-5-17-13-11(14)7-10(16)8-12(13)15/h7-9,17H,4-6,16H2,1-3H3. The van der Waals surface area contributed by atoms with Crippen molar-refractivity contribution in [3.05, 3.63) is 23.8 Å². The van der Waals surface area contributed by atoms with Crippen LogP contribution in [0.2, 0.25) is 0 Å². The SMILES string of the molecule is CC(C)N(C)CCCNc1c(F)cc(N)cc1F. The maximum Gasteiger partial charge on any atom is 0.151 e. The smallest absolute Gasteiger partial charge is 0.151 e. The van der Waals surface area contributed by atoms with Gasteiger partial charge in [-0.05, 0) is 46.0 Å². The molecule has 0 aromatic heterocycles. The van der Waals surface area contributed by atoms with Gasteiger partial charge >= 0.3 is 0 Å². The van der Waals surface area contributed by atoms with Crippen LogP contribution in [-0.2, 0) is 0 Å². The van der Waals surface area contributed by atoms with E-state index in [-0.39, 0.29) is 11.4 Å². The summed E-state index contributed by atoms with van der Waals surface area (Å²) in [4.78, 5) is 2.18. The molecule has 0 saturated carbocycles. The van der Waals surface area contributed by atoms with Gasteiger partial charge in [0, 0.05) is 18.3 Å². The van der Waals surface area contributed by atoms with Gasteiger partial charge in [-0.15, -0.1) is 0 Å². The zero-order chi connectivity index (χ0) is 13.7. The maximum absolute atomic E-state index is 13.4. The van der Waals surface area contributed by atoms with Gasteiger partial charge in [0.2, 0.25) is 0 Å². The number of hydrogen-bond donors (Lipinski definition) is 2. The molecule has 0 fully saturated rings. The summed E-state index contributed by atoms with van der Waals surface area (Å²) in [7, 11) is 2.02. The summed E-state index contributed by atoms with van der Waals surface area (Å²) in [5, 5.41) is 2.77. The van der Waals surface area contributed by atoms with Gasteiger partial charge in [-0.2, -0.15) is 0 Å². The third-order valence-electron chi connectivity index (χ3n) is 2.94. The molecule has 0 radical (unpaired) electrons. The normalized spacial score (nSPS) is 11.3. The van der Waals surface area contributed by atoms with Crippen molar-refractivity contribution in [2.45, 2.75) is 26.3 Å². The molecule has 5 heteroatoms. The van der Waals surface area contributed by atoms with Gasteiger partial charge in [-0.1, -0.05) is 0 Å². The monoisotopic (exact) mass is 257 g/mol. The summed E-state index contributed by atoms with van der Waals surface area (Å²) in [6.07, 6.45) is 0.817. The number of nitrogens with one attached hydrogen (secondary N) is 1. The van der Waals surface area contributed by atoms with Gasteiger partial charge in [0.15, 0.2) is 11.6 Å². The molecule has 1 aromatic rings. The number of benzene rings is 1. The molecule has 102 valence electrons. The second kappa shape index (κ2) is 6.54. The van der Waals surface area contributed by atoms with E-state index in [4.69, 9.17) is 5.73 Å². The predicted molar refractivity (Wildman–Crippen MR) is 71.6 cm³/mol. The van der Waals surface area contributed by atoms with E-state index in [2.05, 4.69) is 24.1 Å². The van der Waals surface area contributed by atoms with Crippen molar-refractivity contribution < 1.29 is 8.78 Å². The highest BCUT2D eigenvalue weighted by molar-refractivity contribution is 5.53. The van der Waals surface area contributed by atoms with Crippen molar-refractivity contribution >= 4 is 11.4 Å². The van der Waals surface area contributed by atoms with Gasteiger partial charge in [-0.25, -0.2) is 8.78 Å². The van der Waals surface area contributed by atoms with Crippen LogP contribution in [0.1, 0.15) is 20.3 Å². The van der Waals surface area contributed by atoms with E-state index in [1.165, 1.54) is 0 Å². The second-order valence-electron chi connectivity index (χ2n) is 4.71. The largest absolute Gasteiger partial charge is 0.399 e. The molecule has 0 heterocycles. The highest BCUT2D eigenvalue weighted by Crippen LogP contribution is 2.21. The molecule has 0 saturated heterocycles. The fourth-order valence-electron chi connectivity index (χ4n) is 1.56. The summed E-state index contributed by atoms with van der Waals surface area (Å²) in [6, 6.07) is 2.70. The fraction of sp³-hybridized carbons (Fsp3) is 0.538. The van der Waals surface area contributed by atoms with Gasteiger partial charge in [0.05, 0.1) is 0 Å². The highest BCUT2D eigenvalue weighted by Gasteiger charge is 2.09. The number of nitrogens with two attached hydrogens (primary N) is 1. The van der Waals surface area contributed by atoms with E-state index in [1.54, 1.807) is 0 Å². The average Bonchev–Trinajstić information content (AvgIpc) is 2.26. The molecule has 0 unspecified atom stereocenters. The molecular weight excluding hydrogens is 236 g/mol. The lowest BCUT2D eigenvalue weighted by atomic mass is 10.2. The summed E-state index contributed by atoms with van der Waals surface area (Å²) < 4.78 is 26.9. The Kier molecular flexibility index (Phi) is 5.34. The van der Waals surface area contributed by atoms with Crippen molar-refractivity contribution in [1.29, 1.82) is 0 Å². The van der Waals surface area contributed by atoms with E-state index in [0.717, 1.165) is 25.1 Å². The van der Waals surface area contributed by atoms with Crippen molar-refractivity contribution in [1.82, 2.24) is 4.90 Å². The Labute approximate surface area is 107 Å². The Morgan fingerprint density at radius 1 is 1.28 bits per heavy atom. The average molecular weight is 257 g/mol. The lowest BCUT2D eigenvalue weighted by molar-refractivity contribution is 0.273. The highest BCUT2D eigenvalue weighted by atomic mass is 19.1. The zero-order valence-electron chi connectivity index (χ0n) is 11.1. The van der Waals surface area contributed by atoms with Crippen molar-refractivity contribution in [3.8, 4) is 0 Å². The number of hydrogen-bond acceptors (Lipinski definition) is 3. The molecular formula is C13H21F2N3. The van der Waals surface area contributed by atoms with Gasteiger partial charge in [0.1, 0.15) is 5.69 Å². The van der Waals surface area contributed by atoms with Crippen LogP contribution in [0.5, 0.6) is 0 Å². The summed E-state index contributed by atoms with van der Waals surface area (Å²) in [5.41, 5.74) is 5.33. The molecule has 1 aromatic carbocycles. The minimum atomic E-state index is -0.648. The van der Waals surface area contributed by atoms with Crippen LogP contribution in [0.15, 0.2) is 12.1 Å². The van der Waals surface area contributed by atoms with Crippen LogP contribution in [-0.4, -0.2) is 31.1 Å². The van der Waals surface area contributed by atoms with Crippen molar-refractivity contribution in [2.75, 3.05) is 31.2 Å². The van der Waals surface area contributed by atoms with E-state index in [0.29, 0.717) is 12.6 Å². The van der Waals surface area contributed by atoms with Crippen LogP contribution < -0.4 is 11.1 Å². The Bertz CT molecular complexity index is 371. The van der Waals surface area contributed by atoms with Crippen LogP contribution >= 0.6 is 0 Å². The lowest BCUT2D eigenvalue weighted by Gasteiger charge is -2.21. The molecule has 0 aliphatic rings. The molecule has 3 nitrogen and oxygen atoms in total. The van der Waals surface area contributed by atoms with Crippen LogP contribution in [0.25, 0.3) is 0 Å². The molecule has 0 aliphatic heterocycles. The van der Waals surface area contributed by atoms with E-state index < -0.39 is 11.6 Å². The number of nitrogen functional groups attached to an aromatic ring is 1. The Morgan fingerprint density at radius 2 is 1.83 bits per heavy atom. The van der Waals surface area contributed by atoms with Crippen LogP contribution in [0, 0.1) is 11.6 Å². The molecule has 18 heavy (non-hydrogen) atoms. The topological polar surface area (TPSA) is 41.3 Å². The molecule has 0 spiro atoms. The first-order valence-corrected chi connectivity index (χ1v) is 6.10. The van der Waals surface area contributed by atoms with Gasteiger partial charge in [-0.3, -0.25) is 0 Å². The van der Waals surface area contributed by atoms with E-state index in [9.17, 15) is 8.78 Å².